The average Bonchev–Trinajstić information content (AvgIpc) is 2.77. The molecule has 2 saturated heterocycles. The number of nitrogens with one attached hydrogen (secondary N) is 2. The number of carbonyl (C=O) groups is 1. The topological polar surface area (TPSA) is 50.4 Å². The lowest BCUT2D eigenvalue weighted by Crippen LogP contribution is -2.39. The first-order chi connectivity index (χ1) is 10.5. The Kier molecular flexibility index (Phi) is 4.29. The van der Waals surface area contributed by atoms with E-state index >= 15 is 0 Å². The van der Waals surface area contributed by atoms with Crippen LogP contribution in [0.2, 0.25) is 0 Å². The molecule has 0 saturated carbocycles. The van der Waals surface area contributed by atoms with E-state index in [0.29, 0.717) is 24.4 Å². The molecule has 2 fully saturated rings. The Labute approximate surface area is 128 Å². The number of halogens is 2. The largest absolute Gasteiger partial charge is 0.491 e. The number of hydrogen-bond donors (Lipinski definition) is 2. The molecule has 1 aromatic carbocycles. The third kappa shape index (κ3) is 3.21. The van der Waals surface area contributed by atoms with Crippen molar-refractivity contribution in [3.05, 3.63) is 23.8 Å². The van der Waals surface area contributed by atoms with Gasteiger partial charge in [0, 0.05) is 36.3 Å². The minimum atomic E-state index is -0.822. The van der Waals surface area contributed by atoms with Crippen LogP contribution in [0.4, 0.5) is 14.5 Å². The van der Waals surface area contributed by atoms with Crippen LogP contribution >= 0.6 is 0 Å². The molecule has 120 valence electrons. The second kappa shape index (κ2) is 6.20. The summed E-state index contributed by atoms with van der Waals surface area (Å²) in [5, 5.41) is 6.10. The number of amides is 1. The predicted octanol–water partition coefficient (Wildman–Crippen LogP) is 2.83. The van der Waals surface area contributed by atoms with Crippen molar-refractivity contribution in [2.45, 2.75) is 44.2 Å². The molecule has 0 aliphatic carbocycles. The highest BCUT2D eigenvalue weighted by Gasteiger charge is 2.34. The molecule has 2 bridgehead atoms. The van der Waals surface area contributed by atoms with E-state index < -0.39 is 17.4 Å². The van der Waals surface area contributed by atoms with E-state index in [9.17, 15) is 13.6 Å². The lowest BCUT2D eigenvalue weighted by molar-refractivity contribution is -0.117. The van der Waals surface area contributed by atoms with Gasteiger partial charge in [-0.25, -0.2) is 8.78 Å². The summed E-state index contributed by atoms with van der Waals surface area (Å²) < 4.78 is 31.8. The molecule has 4 nitrogen and oxygen atoms in total. The molecule has 0 radical (unpaired) electrons. The zero-order valence-corrected chi connectivity index (χ0v) is 12.5. The Balaban J connectivity index is 1.60. The number of piperidine rings is 1. The number of methoxy groups -OCH3 is 1. The van der Waals surface area contributed by atoms with Gasteiger partial charge < -0.3 is 15.4 Å². The molecule has 2 aliphatic rings. The number of carbonyl (C=O) groups excluding carboxylic acids is 1. The van der Waals surface area contributed by atoms with Crippen LogP contribution in [0.5, 0.6) is 5.75 Å². The summed E-state index contributed by atoms with van der Waals surface area (Å²) in [6.07, 6.45) is 4.74. The first-order valence-corrected chi connectivity index (χ1v) is 7.64. The Morgan fingerprint density at radius 1 is 1.27 bits per heavy atom. The van der Waals surface area contributed by atoms with Gasteiger partial charge in [-0.05, 0) is 31.6 Å². The molecule has 2 aliphatic heterocycles. The standard InChI is InChI=1S/C16H20F2N2O2/c1-22-16-13(17)7-12(8-14(16)18)20-15(21)6-9-4-10-2-3-11(5-9)19-10/h7-11,19H,2-6H2,1H3,(H,20,21). The second-order valence-corrected chi connectivity index (χ2v) is 6.20. The molecular formula is C16H20F2N2O2. The molecule has 2 heterocycles. The van der Waals surface area contributed by atoms with Gasteiger partial charge in [0.15, 0.2) is 17.4 Å². The first kappa shape index (κ1) is 15.2. The molecule has 6 heteroatoms. The lowest BCUT2D eigenvalue weighted by atomic mass is 9.89. The van der Waals surface area contributed by atoms with E-state index in [-0.39, 0.29) is 11.6 Å². The number of ether oxygens (including phenoxy) is 1. The highest BCUT2D eigenvalue weighted by atomic mass is 19.1. The lowest BCUT2D eigenvalue weighted by Gasteiger charge is -2.28. The van der Waals surface area contributed by atoms with E-state index in [2.05, 4.69) is 15.4 Å². The summed E-state index contributed by atoms with van der Waals surface area (Å²) in [5.74, 6) is -1.94. The van der Waals surface area contributed by atoms with Crippen molar-refractivity contribution in [1.29, 1.82) is 0 Å². The molecule has 1 amide bonds. The summed E-state index contributed by atoms with van der Waals surface area (Å²) >= 11 is 0. The van der Waals surface area contributed by atoms with Crippen LogP contribution in [0.1, 0.15) is 32.1 Å². The van der Waals surface area contributed by atoms with Crippen LogP contribution in [0, 0.1) is 17.6 Å². The summed E-state index contributed by atoms with van der Waals surface area (Å²) in [4.78, 5) is 12.1. The van der Waals surface area contributed by atoms with Crippen molar-refractivity contribution in [2.24, 2.45) is 5.92 Å². The Bertz CT molecular complexity index is 544. The number of anilines is 1. The van der Waals surface area contributed by atoms with E-state index in [1.807, 2.05) is 0 Å². The molecule has 2 unspecified atom stereocenters. The quantitative estimate of drug-likeness (QED) is 0.899. The maximum Gasteiger partial charge on any atom is 0.224 e. The fourth-order valence-corrected chi connectivity index (χ4v) is 3.64. The van der Waals surface area contributed by atoms with Crippen LogP contribution in [-0.2, 0) is 4.79 Å². The third-order valence-corrected chi connectivity index (χ3v) is 4.53. The molecule has 3 rings (SSSR count). The number of benzene rings is 1. The third-order valence-electron chi connectivity index (χ3n) is 4.53. The summed E-state index contributed by atoms with van der Waals surface area (Å²) in [7, 11) is 1.20. The van der Waals surface area contributed by atoms with E-state index in [1.165, 1.54) is 20.0 Å². The molecule has 2 atom stereocenters. The zero-order valence-electron chi connectivity index (χ0n) is 12.5. The van der Waals surface area contributed by atoms with Gasteiger partial charge in [0.2, 0.25) is 5.91 Å². The Morgan fingerprint density at radius 2 is 1.86 bits per heavy atom. The van der Waals surface area contributed by atoms with E-state index in [1.54, 1.807) is 0 Å². The normalized spacial score (nSPS) is 26.8. The summed E-state index contributed by atoms with van der Waals surface area (Å²) in [5.41, 5.74) is 0.123. The van der Waals surface area contributed by atoms with Crippen LogP contribution < -0.4 is 15.4 Å². The molecule has 0 aromatic heterocycles. The zero-order chi connectivity index (χ0) is 15.7. The van der Waals surface area contributed by atoms with Gasteiger partial charge in [0.1, 0.15) is 0 Å². The predicted molar refractivity (Wildman–Crippen MR) is 78.8 cm³/mol. The van der Waals surface area contributed by atoms with E-state index in [0.717, 1.165) is 25.0 Å². The van der Waals surface area contributed by atoms with Gasteiger partial charge in [-0.1, -0.05) is 0 Å². The number of fused-ring (bicyclic) bond motifs is 2. The minimum absolute atomic E-state index is 0.123. The van der Waals surface area contributed by atoms with Crippen LogP contribution in [-0.4, -0.2) is 25.1 Å². The first-order valence-electron chi connectivity index (χ1n) is 7.64. The SMILES string of the molecule is COc1c(F)cc(NC(=O)CC2CC3CCC(C2)N3)cc1F. The monoisotopic (exact) mass is 310 g/mol. The summed E-state index contributed by atoms with van der Waals surface area (Å²) in [6, 6.07) is 3.19. The molecular weight excluding hydrogens is 290 g/mol. The van der Waals surface area contributed by atoms with Crippen LogP contribution in [0.3, 0.4) is 0 Å². The van der Waals surface area contributed by atoms with Gasteiger partial charge >= 0.3 is 0 Å². The van der Waals surface area contributed by atoms with Crippen molar-refractivity contribution in [3.8, 4) is 5.75 Å². The molecule has 22 heavy (non-hydrogen) atoms. The number of rotatable bonds is 4. The maximum atomic E-state index is 13.6. The Hall–Kier alpha value is -1.69. The van der Waals surface area contributed by atoms with Gasteiger partial charge in [-0.15, -0.1) is 0 Å². The molecule has 1 aromatic rings. The van der Waals surface area contributed by atoms with Crippen LogP contribution in [0.15, 0.2) is 12.1 Å². The highest BCUT2D eigenvalue weighted by molar-refractivity contribution is 5.91. The fraction of sp³-hybridized carbons (Fsp3) is 0.562. The van der Waals surface area contributed by atoms with Crippen molar-refractivity contribution in [3.63, 3.8) is 0 Å². The highest BCUT2D eigenvalue weighted by Crippen LogP contribution is 2.33. The molecule has 0 spiro atoms. The maximum absolute atomic E-state index is 13.6. The Morgan fingerprint density at radius 3 is 2.41 bits per heavy atom. The fourth-order valence-electron chi connectivity index (χ4n) is 3.64. The minimum Gasteiger partial charge on any atom is -0.491 e. The van der Waals surface area contributed by atoms with Gasteiger partial charge in [-0.3, -0.25) is 4.79 Å². The van der Waals surface area contributed by atoms with Gasteiger partial charge in [0.05, 0.1) is 7.11 Å². The van der Waals surface area contributed by atoms with Crippen molar-refractivity contribution in [1.82, 2.24) is 5.32 Å². The average molecular weight is 310 g/mol. The van der Waals surface area contributed by atoms with E-state index in [4.69, 9.17) is 0 Å². The van der Waals surface area contributed by atoms with Crippen molar-refractivity contribution >= 4 is 11.6 Å². The van der Waals surface area contributed by atoms with Gasteiger partial charge in [0.25, 0.3) is 0 Å². The van der Waals surface area contributed by atoms with Gasteiger partial charge in [-0.2, -0.15) is 0 Å². The summed E-state index contributed by atoms with van der Waals surface area (Å²) in [6.45, 7) is 0. The second-order valence-electron chi connectivity index (χ2n) is 6.20. The smallest absolute Gasteiger partial charge is 0.224 e. The molecule has 2 N–H and O–H groups in total. The van der Waals surface area contributed by atoms with Crippen molar-refractivity contribution < 1.29 is 18.3 Å². The number of hydrogen-bond acceptors (Lipinski definition) is 3. The van der Waals surface area contributed by atoms with Crippen molar-refractivity contribution in [2.75, 3.05) is 12.4 Å². The van der Waals surface area contributed by atoms with Crippen LogP contribution in [0.25, 0.3) is 0 Å².